The van der Waals surface area contributed by atoms with Crippen molar-refractivity contribution in [2.45, 2.75) is 25.1 Å². The molecule has 12 heavy (non-hydrogen) atoms. The lowest BCUT2D eigenvalue weighted by Crippen LogP contribution is -2.54. The monoisotopic (exact) mass is 208 g/mol. The van der Waals surface area contributed by atoms with Crippen LogP contribution in [0.5, 0.6) is 0 Å². The molecule has 0 rings (SSSR count). The molecule has 0 aromatic heterocycles. The van der Waals surface area contributed by atoms with Crippen LogP contribution in [0.1, 0.15) is 13.8 Å². The smallest absolute Gasteiger partial charge is 0.377 e. The summed E-state index contributed by atoms with van der Waals surface area (Å²) in [7, 11) is 2.42. The van der Waals surface area contributed by atoms with Gasteiger partial charge in [-0.1, -0.05) is 20.4 Å². The van der Waals surface area contributed by atoms with Gasteiger partial charge in [0.2, 0.25) is 0 Å². The van der Waals surface area contributed by atoms with E-state index in [1.54, 1.807) is 21.3 Å². The van der Waals surface area contributed by atoms with Gasteiger partial charge in [0.1, 0.15) is 0 Å². The van der Waals surface area contributed by atoms with E-state index < -0.39 is 8.80 Å². The molecule has 0 fully saturated rings. The second kappa shape index (κ2) is 4.52. The minimum Gasteiger partial charge on any atom is -0.377 e. The molecule has 0 saturated carbocycles. The Morgan fingerprint density at radius 1 is 1.00 bits per heavy atom. The molecule has 0 bridgehead atoms. The lowest BCUT2D eigenvalue weighted by molar-refractivity contribution is 0.109. The molecule has 0 aromatic rings. The van der Waals surface area contributed by atoms with Gasteiger partial charge in [0, 0.05) is 35.5 Å². The van der Waals surface area contributed by atoms with Gasteiger partial charge in [-0.15, -0.1) is 0 Å². The van der Waals surface area contributed by atoms with Crippen molar-refractivity contribution in [2.75, 3.05) is 21.3 Å². The van der Waals surface area contributed by atoms with E-state index in [1.165, 1.54) is 0 Å². The van der Waals surface area contributed by atoms with Gasteiger partial charge in [-0.3, -0.25) is 0 Å². The summed E-state index contributed by atoms with van der Waals surface area (Å²) in [4.78, 5) is 0. The summed E-state index contributed by atoms with van der Waals surface area (Å²) in [6, 6.07) is 0. The van der Waals surface area contributed by atoms with E-state index in [0.29, 0.717) is 0 Å². The highest BCUT2D eigenvalue weighted by molar-refractivity contribution is 6.75. The summed E-state index contributed by atoms with van der Waals surface area (Å²) in [5, 5.41) is 0. The number of hydrogen-bond donors (Lipinski definition) is 0. The molecular formula is C7H20O3Si2. The Kier molecular flexibility index (Phi) is 4.64. The first kappa shape index (κ1) is 12.3. The predicted octanol–water partition coefficient (Wildman–Crippen LogP) is 0.819. The van der Waals surface area contributed by atoms with Crippen molar-refractivity contribution in [1.29, 1.82) is 0 Å². The molecule has 0 saturated heterocycles. The average Bonchev–Trinajstić information content (AvgIpc) is 2.08. The molecule has 0 N–H and O–H groups in total. The minimum absolute atomic E-state index is 0.116. The Morgan fingerprint density at radius 3 is 1.42 bits per heavy atom. The van der Waals surface area contributed by atoms with Gasteiger partial charge >= 0.3 is 8.80 Å². The molecule has 74 valence electrons. The molecule has 0 aliphatic heterocycles. The van der Waals surface area contributed by atoms with Crippen LogP contribution in [0, 0.1) is 0 Å². The quantitative estimate of drug-likeness (QED) is 0.626. The third-order valence-corrected chi connectivity index (χ3v) is 9.92. The first-order chi connectivity index (χ1) is 5.49. The second-order valence-corrected chi connectivity index (χ2v) is 10.3. The van der Waals surface area contributed by atoms with Gasteiger partial charge in [-0.05, 0) is 0 Å². The summed E-state index contributed by atoms with van der Waals surface area (Å²) in [5.74, 6) is 0. The van der Waals surface area contributed by atoms with E-state index in [4.69, 9.17) is 13.3 Å². The SMILES string of the molecule is CO[Si](OC)(OC)C(C)(C)[SiH2]C. The van der Waals surface area contributed by atoms with Crippen LogP contribution in [0.4, 0.5) is 0 Å². The molecule has 0 aliphatic carbocycles. The molecule has 0 aromatic carbocycles. The Morgan fingerprint density at radius 2 is 1.33 bits per heavy atom. The third kappa shape index (κ3) is 1.97. The van der Waals surface area contributed by atoms with Crippen molar-refractivity contribution >= 4 is 18.3 Å². The normalized spacial score (nSPS) is 14.5. The van der Waals surface area contributed by atoms with E-state index in [1.807, 2.05) is 0 Å². The van der Waals surface area contributed by atoms with Crippen molar-refractivity contribution in [1.82, 2.24) is 0 Å². The zero-order chi connectivity index (χ0) is 9.83. The first-order valence-corrected chi connectivity index (χ1v) is 7.99. The van der Waals surface area contributed by atoms with Crippen LogP contribution in [0.2, 0.25) is 11.2 Å². The number of rotatable bonds is 5. The van der Waals surface area contributed by atoms with Gasteiger partial charge in [0.15, 0.2) is 0 Å². The molecule has 0 aliphatic rings. The lowest BCUT2D eigenvalue weighted by Gasteiger charge is -2.37. The zero-order valence-electron chi connectivity index (χ0n) is 8.93. The van der Waals surface area contributed by atoms with Gasteiger partial charge in [-0.25, -0.2) is 0 Å². The third-order valence-electron chi connectivity index (χ3n) is 2.52. The fraction of sp³-hybridized carbons (Fsp3) is 1.00. The molecule has 0 heterocycles. The summed E-state index contributed by atoms with van der Waals surface area (Å²) in [6.07, 6.45) is 0. The summed E-state index contributed by atoms with van der Waals surface area (Å²) in [6.45, 7) is 6.59. The van der Waals surface area contributed by atoms with E-state index >= 15 is 0 Å². The fourth-order valence-corrected chi connectivity index (χ4v) is 6.48. The van der Waals surface area contributed by atoms with Crippen molar-refractivity contribution in [3.63, 3.8) is 0 Å². The molecule has 0 spiro atoms. The predicted molar refractivity (Wildman–Crippen MR) is 55.2 cm³/mol. The van der Waals surface area contributed by atoms with Crippen molar-refractivity contribution in [2.24, 2.45) is 0 Å². The van der Waals surface area contributed by atoms with Crippen molar-refractivity contribution in [3.8, 4) is 0 Å². The van der Waals surface area contributed by atoms with Gasteiger partial charge in [0.25, 0.3) is 0 Å². The van der Waals surface area contributed by atoms with Crippen LogP contribution in [0.25, 0.3) is 0 Å². The topological polar surface area (TPSA) is 27.7 Å². The van der Waals surface area contributed by atoms with E-state index in [9.17, 15) is 0 Å². The van der Waals surface area contributed by atoms with Gasteiger partial charge in [-0.2, -0.15) is 0 Å². The first-order valence-electron chi connectivity index (χ1n) is 4.15. The molecule has 5 heteroatoms. The molecule has 0 atom stereocenters. The summed E-state index contributed by atoms with van der Waals surface area (Å²) in [5.41, 5.74) is 0. The van der Waals surface area contributed by atoms with Crippen LogP contribution in [0.3, 0.4) is 0 Å². The molecule has 0 radical (unpaired) electrons. The highest BCUT2D eigenvalue weighted by Crippen LogP contribution is 2.36. The maximum atomic E-state index is 5.42. The van der Waals surface area contributed by atoms with Gasteiger partial charge in [0.05, 0.1) is 0 Å². The Labute approximate surface area is 78.6 Å². The van der Waals surface area contributed by atoms with Crippen LogP contribution in [-0.2, 0) is 13.3 Å². The van der Waals surface area contributed by atoms with E-state index in [0.717, 1.165) is 0 Å². The molecule has 3 nitrogen and oxygen atoms in total. The van der Waals surface area contributed by atoms with Crippen molar-refractivity contribution < 1.29 is 13.3 Å². The minimum atomic E-state index is -2.38. The summed E-state index contributed by atoms with van der Waals surface area (Å²) < 4.78 is 16.4. The second-order valence-electron chi connectivity index (χ2n) is 3.41. The highest BCUT2D eigenvalue weighted by Gasteiger charge is 2.52. The zero-order valence-corrected chi connectivity index (χ0v) is 11.3. The number of hydrogen-bond acceptors (Lipinski definition) is 3. The average molecular weight is 208 g/mol. The van der Waals surface area contributed by atoms with E-state index in [2.05, 4.69) is 20.4 Å². The molecule has 0 unspecified atom stereocenters. The standard InChI is InChI=1S/C7H20O3Si2/c1-7(2,11-6)12(8-3,9-4)10-5/h11H2,1-6H3. The largest absolute Gasteiger partial charge is 0.502 e. The molecule has 0 amide bonds. The summed E-state index contributed by atoms with van der Waals surface area (Å²) >= 11 is 0. The fourth-order valence-electron chi connectivity index (χ4n) is 1.30. The van der Waals surface area contributed by atoms with Crippen LogP contribution < -0.4 is 0 Å². The van der Waals surface area contributed by atoms with Crippen LogP contribution in [0.15, 0.2) is 0 Å². The van der Waals surface area contributed by atoms with Crippen LogP contribution in [-0.4, -0.2) is 39.7 Å². The van der Waals surface area contributed by atoms with Crippen LogP contribution >= 0.6 is 0 Å². The van der Waals surface area contributed by atoms with Gasteiger partial charge < -0.3 is 13.3 Å². The Bertz CT molecular complexity index is 126. The maximum Gasteiger partial charge on any atom is 0.502 e. The maximum absolute atomic E-state index is 5.42. The lowest BCUT2D eigenvalue weighted by atomic mass is 10.5. The Balaban J connectivity index is 4.69. The Hall–Kier alpha value is 0.314. The highest BCUT2D eigenvalue weighted by atomic mass is 28.4. The molecular weight excluding hydrogens is 188 g/mol. The van der Waals surface area contributed by atoms with E-state index in [-0.39, 0.29) is 14.2 Å². The van der Waals surface area contributed by atoms with Crippen molar-refractivity contribution in [3.05, 3.63) is 0 Å².